The third kappa shape index (κ3) is 4.23. The molecule has 0 radical (unpaired) electrons. The van der Waals surface area contributed by atoms with Gasteiger partial charge in [0.05, 0.1) is 27.7 Å². The lowest BCUT2D eigenvalue weighted by Crippen LogP contribution is -2.55. The van der Waals surface area contributed by atoms with Gasteiger partial charge in [0.15, 0.2) is 5.82 Å². The summed E-state index contributed by atoms with van der Waals surface area (Å²) in [5.74, 6) is -0.738. The van der Waals surface area contributed by atoms with Crippen LogP contribution in [0.1, 0.15) is 6.04 Å². The second kappa shape index (κ2) is 9.09. The molecule has 0 spiro atoms. The minimum absolute atomic E-state index is 0.164. The Labute approximate surface area is 189 Å². The molecule has 0 bridgehead atoms. The molecule has 160 valence electrons. The highest BCUT2D eigenvalue weighted by atomic mass is 35.5. The predicted molar refractivity (Wildman–Crippen MR) is 112 cm³/mol. The molecule has 4 rings (SSSR count). The molecule has 0 amide bonds. The number of aliphatic hydroxyl groups is 3. The topological polar surface area (TPSA) is 101 Å². The van der Waals surface area contributed by atoms with Crippen molar-refractivity contribution in [3.8, 4) is 10.6 Å². The van der Waals surface area contributed by atoms with Crippen LogP contribution in [-0.4, -0.2) is 60.7 Å². The fraction of sp³-hybridized carbons (Fsp3) is 0.333. The molecule has 2 aromatic heterocycles. The first-order valence-electron chi connectivity index (χ1n) is 8.78. The van der Waals surface area contributed by atoms with Crippen molar-refractivity contribution >= 4 is 46.3 Å². The lowest BCUT2D eigenvalue weighted by Gasteiger charge is -2.41. The van der Waals surface area contributed by atoms with Gasteiger partial charge in [0, 0.05) is 4.90 Å². The van der Waals surface area contributed by atoms with Crippen molar-refractivity contribution in [3.63, 3.8) is 0 Å². The highest BCUT2D eigenvalue weighted by Crippen LogP contribution is 2.40. The zero-order valence-corrected chi connectivity index (χ0v) is 18.2. The van der Waals surface area contributed by atoms with E-state index in [2.05, 4.69) is 10.3 Å². The van der Waals surface area contributed by atoms with Gasteiger partial charge in [-0.1, -0.05) is 46.2 Å². The predicted octanol–water partition coefficient (Wildman–Crippen LogP) is 3.22. The highest BCUT2D eigenvalue weighted by molar-refractivity contribution is 7.99. The van der Waals surface area contributed by atoms with E-state index >= 15 is 0 Å². The number of aliphatic hydroxyl groups excluding tert-OH is 3. The summed E-state index contributed by atoms with van der Waals surface area (Å²) < 4.78 is 20.7. The molecule has 0 unspecified atom stereocenters. The first-order valence-corrected chi connectivity index (χ1v) is 11.3. The van der Waals surface area contributed by atoms with Crippen LogP contribution in [0.15, 0.2) is 40.7 Å². The van der Waals surface area contributed by atoms with Crippen molar-refractivity contribution < 1.29 is 24.4 Å². The summed E-state index contributed by atoms with van der Waals surface area (Å²) in [6.07, 6.45) is -1.82. The first kappa shape index (κ1) is 22.0. The maximum Gasteiger partial charge on any atom is 0.160 e. The molecular weight excluding hydrogens is 476 g/mol. The van der Waals surface area contributed by atoms with Gasteiger partial charge in [-0.2, -0.15) is 0 Å². The number of nitrogens with zero attached hydrogens (tertiary/aromatic N) is 3. The molecule has 1 fully saturated rings. The molecule has 0 aliphatic carbocycles. The Morgan fingerprint density at radius 2 is 1.97 bits per heavy atom. The quantitative estimate of drug-likeness (QED) is 0.471. The largest absolute Gasteiger partial charge is 0.394 e. The molecule has 12 heteroatoms. The van der Waals surface area contributed by atoms with Crippen LogP contribution < -0.4 is 0 Å². The molecule has 3 heterocycles. The third-order valence-electron chi connectivity index (χ3n) is 4.65. The Kier molecular flexibility index (Phi) is 6.66. The SMILES string of the molecule is OC[C@H]1O[C@H](Sc2cc(Cl)c(F)c(Cl)c2)[C@H](O)[C@@H](n2cc(-c3cccs3)nn2)[C@H]1O. The van der Waals surface area contributed by atoms with Gasteiger partial charge < -0.3 is 20.1 Å². The van der Waals surface area contributed by atoms with Crippen molar-refractivity contribution in [1.82, 2.24) is 15.0 Å². The van der Waals surface area contributed by atoms with Crippen LogP contribution in [-0.2, 0) is 4.74 Å². The summed E-state index contributed by atoms with van der Waals surface area (Å²) in [6, 6.07) is 5.56. The fourth-order valence-corrected chi connectivity index (χ4v) is 5.60. The van der Waals surface area contributed by atoms with Gasteiger partial charge in [-0.25, -0.2) is 9.07 Å². The van der Waals surface area contributed by atoms with E-state index in [1.807, 2.05) is 17.5 Å². The van der Waals surface area contributed by atoms with Crippen LogP contribution in [0.2, 0.25) is 10.0 Å². The number of hydrogen-bond acceptors (Lipinski definition) is 8. The van der Waals surface area contributed by atoms with Gasteiger partial charge in [0.2, 0.25) is 0 Å². The second-order valence-corrected chi connectivity index (χ2v) is 9.51. The molecule has 1 saturated heterocycles. The summed E-state index contributed by atoms with van der Waals surface area (Å²) in [4.78, 5) is 1.35. The van der Waals surface area contributed by atoms with Crippen LogP contribution >= 0.6 is 46.3 Å². The van der Waals surface area contributed by atoms with Gasteiger partial charge >= 0.3 is 0 Å². The summed E-state index contributed by atoms with van der Waals surface area (Å²) >= 11 is 14.2. The molecule has 7 nitrogen and oxygen atoms in total. The summed E-state index contributed by atoms with van der Waals surface area (Å²) in [7, 11) is 0. The molecule has 5 atom stereocenters. The average molecular weight is 492 g/mol. The fourth-order valence-electron chi connectivity index (χ4n) is 3.17. The number of hydrogen-bond donors (Lipinski definition) is 3. The van der Waals surface area contributed by atoms with E-state index in [9.17, 15) is 19.7 Å². The standard InChI is InChI=1S/C18H16Cl2FN3O4S2/c19-9-4-8(5-10(20)14(9)21)30-18-17(27)15(16(26)12(7-25)28-18)24-6-11(22-23-24)13-2-1-3-29-13/h1-6,12,15-18,25-27H,7H2/t12-,15+,16+,17-,18-/m1/s1. The Morgan fingerprint density at radius 1 is 1.23 bits per heavy atom. The van der Waals surface area contributed by atoms with Crippen LogP contribution in [0.4, 0.5) is 4.39 Å². The third-order valence-corrected chi connectivity index (χ3v) is 7.22. The van der Waals surface area contributed by atoms with E-state index in [1.165, 1.54) is 28.2 Å². The number of aromatic nitrogens is 3. The minimum atomic E-state index is -1.24. The monoisotopic (exact) mass is 491 g/mol. The molecule has 30 heavy (non-hydrogen) atoms. The van der Waals surface area contributed by atoms with Crippen LogP contribution in [0, 0.1) is 5.82 Å². The Hall–Kier alpha value is -1.24. The molecule has 1 aliphatic rings. The average Bonchev–Trinajstić information content (AvgIpc) is 3.40. The summed E-state index contributed by atoms with van der Waals surface area (Å²) in [5.41, 5.74) is -0.319. The number of thiophene rings is 1. The normalized spacial score (nSPS) is 26.8. The number of ether oxygens (including phenoxy) is 1. The van der Waals surface area contributed by atoms with Crippen molar-refractivity contribution in [2.24, 2.45) is 0 Å². The maximum atomic E-state index is 13.7. The Balaban J connectivity index is 1.62. The Morgan fingerprint density at radius 3 is 2.60 bits per heavy atom. The number of rotatable bonds is 5. The van der Waals surface area contributed by atoms with Gasteiger partial charge in [-0.3, -0.25) is 0 Å². The van der Waals surface area contributed by atoms with E-state index in [4.69, 9.17) is 27.9 Å². The van der Waals surface area contributed by atoms with E-state index < -0.39 is 42.2 Å². The Bertz CT molecular complexity index is 1000. The number of benzene rings is 1. The molecule has 1 aromatic carbocycles. The van der Waals surface area contributed by atoms with Crippen molar-refractivity contribution in [2.45, 2.75) is 34.7 Å². The van der Waals surface area contributed by atoms with Gasteiger partial charge in [-0.05, 0) is 23.6 Å². The molecule has 3 aromatic rings. The summed E-state index contributed by atoms with van der Waals surface area (Å²) in [6.45, 7) is -0.473. The highest BCUT2D eigenvalue weighted by Gasteiger charge is 2.46. The first-order chi connectivity index (χ1) is 14.4. The maximum absolute atomic E-state index is 13.7. The number of thioether (sulfide) groups is 1. The van der Waals surface area contributed by atoms with Crippen molar-refractivity contribution in [2.75, 3.05) is 6.61 Å². The smallest absolute Gasteiger partial charge is 0.160 e. The van der Waals surface area contributed by atoms with Gasteiger partial charge in [0.25, 0.3) is 0 Å². The second-order valence-electron chi connectivity index (χ2n) is 6.58. The number of halogens is 3. The van der Waals surface area contributed by atoms with Crippen molar-refractivity contribution in [3.05, 3.63) is 51.7 Å². The lowest BCUT2D eigenvalue weighted by molar-refractivity contribution is -0.178. The van der Waals surface area contributed by atoms with Crippen molar-refractivity contribution in [1.29, 1.82) is 0 Å². The van der Waals surface area contributed by atoms with Gasteiger partial charge in [-0.15, -0.1) is 16.4 Å². The van der Waals surface area contributed by atoms with E-state index in [-0.39, 0.29) is 10.0 Å². The molecular formula is C18H16Cl2FN3O4S2. The molecule has 3 N–H and O–H groups in total. The summed E-state index contributed by atoms with van der Waals surface area (Å²) in [5, 5.41) is 41.0. The van der Waals surface area contributed by atoms with E-state index in [0.717, 1.165) is 16.6 Å². The minimum Gasteiger partial charge on any atom is -0.394 e. The zero-order chi connectivity index (χ0) is 21.4. The zero-order valence-electron chi connectivity index (χ0n) is 15.1. The van der Waals surface area contributed by atoms with Crippen LogP contribution in [0.3, 0.4) is 0 Å². The van der Waals surface area contributed by atoms with Gasteiger partial charge in [0.1, 0.15) is 35.5 Å². The molecule has 1 aliphatic heterocycles. The van der Waals surface area contributed by atoms with Crippen LogP contribution in [0.25, 0.3) is 10.6 Å². The van der Waals surface area contributed by atoms with E-state index in [0.29, 0.717) is 10.6 Å². The van der Waals surface area contributed by atoms with Crippen LogP contribution in [0.5, 0.6) is 0 Å². The van der Waals surface area contributed by atoms with E-state index in [1.54, 1.807) is 6.20 Å². The lowest BCUT2D eigenvalue weighted by atomic mass is 9.97. The molecule has 0 saturated carbocycles.